The largest absolute Gasteiger partial charge is 0.488 e. The molecule has 20 heavy (non-hydrogen) atoms. The van der Waals surface area contributed by atoms with E-state index in [1.807, 2.05) is 0 Å². The first-order valence-electron chi connectivity index (χ1n) is 5.95. The molecule has 5 N–H and O–H groups in total. The number of benzene rings is 1. The van der Waals surface area contributed by atoms with Crippen LogP contribution in [0.3, 0.4) is 0 Å². The van der Waals surface area contributed by atoms with Gasteiger partial charge >= 0.3 is 0 Å². The Balaban J connectivity index is 0.00000147. The number of carbonyl (C=O) groups is 1. The highest BCUT2D eigenvalue weighted by Crippen LogP contribution is 2.36. The number of rotatable bonds is 2. The molecule has 0 bridgehead atoms. The summed E-state index contributed by atoms with van der Waals surface area (Å²) in [5, 5.41) is 0.682. The Bertz CT molecular complexity index is 741. The fraction of sp³-hybridized carbons (Fsp3) is 0.231. The molecule has 0 aliphatic carbocycles. The van der Waals surface area contributed by atoms with Crippen molar-refractivity contribution in [1.29, 1.82) is 0 Å². The van der Waals surface area contributed by atoms with Crippen LogP contribution in [0, 0.1) is 0 Å². The van der Waals surface area contributed by atoms with E-state index in [2.05, 4.69) is 4.98 Å². The van der Waals surface area contributed by atoms with Crippen LogP contribution in [-0.2, 0) is 6.42 Å². The number of aromatic amines is 1. The van der Waals surface area contributed by atoms with Crippen molar-refractivity contribution in [2.24, 2.45) is 11.5 Å². The SMILES string of the molecule is Cl.NCC1Cc2cc(C(N)=O)c3[nH]c(=O)ccc3c2O1. The summed E-state index contributed by atoms with van der Waals surface area (Å²) >= 11 is 0. The van der Waals surface area contributed by atoms with Gasteiger partial charge in [-0.05, 0) is 17.7 Å². The predicted octanol–water partition coefficient (Wildman–Crippen LogP) is 0.311. The lowest BCUT2D eigenvalue weighted by Crippen LogP contribution is -2.24. The first kappa shape index (κ1) is 14.4. The number of ether oxygens (including phenoxy) is 1. The first-order chi connectivity index (χ1) is 9.10. The maximum atomic E-state index is 11.5. The molecular formula is C13H14ClN3O3. The van der Waals surface area contributed by atoms with Gasteiger partial charge in [-0.15, -0.1) is 12.4 Å². The summed E-state index contributed by atoms with van der Waals surface area (Å²) < 4.78 is 5.74. The third-order valence-corrected chi connectivity index (χ3v) is 3.30. The second-order valence-electron chi connectivity index (χ2n) is 4.57. The zero-order valence-electron chi connectivity index (χ0n) is 10.5. The first-order valence-corrected chi connectivity index (χ1v) is 5.95. The van der Waals surface area contributed by atoms with Crippen molar-refractivity contribution in [3.63, 3.8) is 0 Å². The zero-order valence-corrected chi connectivity index (χ0v) is 11.3. The van der Waals surface area contributed by atoms with Gasteiger partial charge in [0.2, 0.25) is 5.56 Å². The molecule has 0 saturated heterocycles. The smallest absolute Gasteiger partial charge is 0.250 e. The molecule has 1 aliphatic heterocycles. The van der Waals surface area contributed by atoms with E-state index in [1.54, 1.807) is 12.1 Å². The molecule has 0 spiro atoms. The van der Waals surface area contributed by atoms with Gasteiger partial charge in [-0.25, -0.2) is 0 Å². The number of aromatic nitrogens is 1. The molecule has 2 heterocycles. The van der Waals surface area contributed by atoms with Crippen molar-refractivity contribution in [3.8, 4) is 5.75 Å². The fourth-order valence-corrected chi connectivity index (χ4v) is 2.43. The average Bonchev–Trinajstić information content (AvgIpc) is 2.80. The van der Waals surface area contributed by atoms with Crippen molar-refractivity contribution in [1.82, 2.24) is 4.98 Å². The second-order valence-corrected chi connectivity index (χ2v) is 4.57. The molecule has 3 rings (SSSR count). The summed E-state index contributed by atoms with van der Waals surface area (Å²) in [4.78, 5) is 25.6. The third kappa shape index (κ3) is 2.13. The van der Waals surface area contributed by atoms with E-state index in [4.69, 9.17) is 16.2 Å². The summed E-state index contributed by atoms with van der Waals surface area (Å²) in [6.45, 7) is 0.394. The quantitative estimate of drug-likeness (QED) is 0.740. The van der Waals surface area contributed by atoms with Crippen molar-refractivity contribution >= 4 is 29.2 Å². The fourth-order valence-electron chi connectivity index (χ4n) is 2.43. The number of nitrogens with two attached hydrogens (primary N) is 2. The number of hydrogen-bond acceptors (Lipinski definition) is 4. The summed E-state index contributed by atoms with van der Waals surface area (Å²) in [5.74, 6) is 0.0950. The Hall–Kier alpha value is -2.05. The van der Waals surface area contributed by atoms with Gasteiger partial charge in [0, 0.05) is 24.4 Å². The van der Waals surface area contributed by atoms with Crippen LogP contribution >= 0.6 is 12.4 Å². The van der Waals surface area contributed by atoms with Gasteiger partial charge in [0.05, 0.1) is 11.1 Å². The lowest BCUT2D eigenvalue weighted by Gasteiger charge is -2.09. The van der Waals surface area contributed by atoms with Gasteiger partial charge in [-0.3, -0.25) is 9.59 Å². The van der Waals surface area contributed by atoms with E-state index in [1.165, 1.54) is 6.07 Å². The molecule has 106 valence electrons. The molecule has 1 atom stereocenters. The average molecular weight is 296 g/mol. The summed E-state index contributed by atoms with van der Waals surface area (Å²) in [6, 6.07) is 4.70. The Kier molecular flexibility index (Phi) is 3.69. The molecule has 0 saturated carbocycles. The maximum Gasteiger partial charge on any atom is 0.250 e. The van der Waals surface area contributed by atoms with Crippen LogP contribution in [0.2, 0.25) is 0 Å². The zero-order chi connectivity index (χ0) is 13.6. The van der Waals surface area contributed by atoms with Crippen LogP contribution in [0.15, 0.2) is 23.0 Å². The van der Waals surface area contributed by atoms with E-state index < -0.39 is 5.91 Å². The van der Waals surface area contributed by atoms with Crippen molar-refractivity contribution < 1.29 is 9.53 Å². The Morgan fingerprint density at radius 2 is 2.20 bits per heavy atom. The third-order valence-electron chi connectivity index (χ3n) is 3.30. The number of H-pyrrole nitrogens is 1. The minimum Gasteiger partial charge on any atom is -0.488 e. The van der Waals surface area contributed by atoms with Gasteiger partial charge in [0.25, 0.3) is 5.91 Å². The summed E-state index contributed by atoms with van der Waals surface area (Å²) in [5.41, 5.74) is 12.3. The van der Waals surface area contributed by atoms with Crippen molar-refractivity contribution in [2.45, 2.75) is 12.5 Å². The number of fused-ring (bicyclic) bond motifs is 3. The molecule has 7 heteroatoms. The lowest BCUT2D eigenvalue weighted by atomic mass is 10.0. The topological polar surface area (TPSA) is 111 Å². The number of pyridine rings is 1. The number of amides is 1. The number of nitrogens with one attached hydrogen (secondary N) is 1. The van der Waals surface area contributed by atoms with Crippen LogP contribution in [0.4, 0.5) is 0 Å². The van der Waals surface area contributed by atoms with Crippen LogP contribution in [0.25, 0.3) is 10.9 Å². The van der Waals surface area contributed by atoms with Gasteiger partial charge < -0.3 is 21.2 Å². The maximum absolute atomic E-state index is 11.5. The van der Waals surface area contributed by atoms with Gasteiger partial charge in [-0.1, -0.05) is 0 Å². The molecule has 0 radical (unpaired) electrons. The van der Waals surface area contributed by atoms with Crippen molar-refractivity contribution in [2.75, 3.05) is 6.54 Å². The summed E-state index contributed by atoms with van der Waals surface area (Å²) in [6.07, 6.45) is 0.537. The molecular weight excluding hydrogens is 282 g/mol. The molecule has 1 aromatic heterocycles. The second kappa shape index (κ2) is 5.15. The minimum atomic E-state index is -0.578. The van der Waals surface area contributed by atoms with Crippen molar-refractivity contribution in [3.05, 3.63) is 39.7 Å². The number of halogens is 1. The van der Waals surface area contributed by atoms with E-state index in [9.17, 15) is 9.59 Å². The van der Waals surface area contributed by atoms with Crippen LogP contribution in [-0.4, -0.2) is 23.5 Å². The molecule has 1 unspecified atom stereocenters. The highest BCUT2D eigenvalue weighted by Gasteiger charge is 2.26. The number of hydrogen-bond donors (Lipinski definition) is 3. The highest BCUT2D eigenvalue weighted by molar-refractivity contribution is 6.07. The van der Waals surface area contributed by atoms with Crippen LogP contribution in [0.5, 0.6) is 5.75 Å². The molecule has 0 fully saturated rings. The van der Waals surface area contributed by atoms with Crippen LogP contribution < -0.4 is 21.8 Å². The minimum absolute atomic E-state index is 0. The molecule has 1 aromatic carbocycles. The Labute approximate surface area is 120 Å². The van der Waals surface area contributed by atoms with Crippen LogP contribution in [0.1, 0.15) is 15.9 Å². The van der Waals surface area contributed by atoms with Gasteiger partial charge in [0.15, 0.2) is 0 Å². The van der Waals surface area contributed by atoms with E-state index in [0.717, 1.165) is 5.56 Å². The number of primary amides is 1. The standard InChI is InChI=1S/C13H13N3O3.ClH/c14-5-7-3-6-4-9(13(15)18)11-8(12(6)19-7)1-2-10(17)16-11;/h1-2,4,7H,3,5,14H2,(H2,15,18)(H,16,17);1H. The lowest BCUT2D eigenvalue weighted by molar-refractivity contribution is 0.100. The molecule has 6 nitrogen and oxygen atoms in total. The molecule has 2 aromatic rings. The normalized spacial score (nSPS) is 16.4. The highest BCUT2D eigenvalue weighted by atomic mass is 35.5. The predicted molar refractivity (Wildman–Crippen MR) is 77.5 cm³/mol. The van der Waals surface area contributed by atoms with Gasteiger partial charge in [0.1, 0.15) is 11.9 Å². The Morgan fingerprint density at radius 3 is 2.85 bits per heavy atom. The van der Waals surface area contributed by atoms with E-state index >= 15 is 0 Å². The monoisotopic (exact) mass is 295 g/mol. The molecule has 1 aliphatic rings. The summed E-state index contributed by atoms with van der Waals surface area (Å²) in [7, 11) is 0. The Morgan fingerprint density at radius 1 is 1.45 bits per heavy atom. The van der Waals surface area contributed by atoms with E-state index in [-0.39, 0.29) is 24.1 Å². The molecule has 1 amide bonds. The van der Waals surface area contributed by atoms with E-state index in [0.29, 0.717) is 35.2 Å². The van der Waals surface area contributed by atoms with Gasteiger partial charge in [-0.2, -0.15) is 0 Å². The number of carbonyl (C=O) groups excluding carboxylic acids is 1.